The number of nitrogen functional groups attached to an aromatic ring is 1. The van der Waals surface area contributed by atoms with Crippen LogP contribution in [0.3, 0.4) is 0 Å². The predicted molar refractivity (Wildman–Crippen MR) is 61.7 cm³/mol. The lowest BCUT2D eigenvalue weighted by atomic mass is 10.3. The van der Waals surface area contributed by atoms with Crippen LogP contribution in [0.15, 0.2) is 12.1 Å². The lowest BCUT2D eigenvalue weighted by molar-refractivity contribution is 0.0690. The van der Waals surface area contributed by atoms with Gasteiger partial charge in [-0.1, -0.05) is 0 Å². The van der Waals surface area contributed by atoms with Gasteiger partial charge in [0, 0.05) is 13.1 Å². The van der Waals surface area contributed by atoms with Crippen molar-refractivity contribution in [2.45, 2.75) is 0 Å². The Bertz CT molecular complexity index is 435. The summed E-state index contributed by atoms with van der Waals surface area (Å²) >= 11 is 0. The maximum Gasteiger partial charge on any atom is 0.354 e. The summed E-state index contributed by atoms with van der Waals surface area (Å²) in [5.74, 6) is -0.875. The van der Waals surface area contributed by atoms with E-state index in [-0.39, 0.29) is 18.1 Å². The van der Waals surface area contributed by atoms with Crippen LogP contribution in [-0.2, 0) is 0 Å². The number of urea groups is 1. The minimum Gasteiger partial charge on any atom is -0.477 e. The van der Waals surface area contributed by atoms with Crippen molar-refractivity contribution in [1.29, 1.82) is 0 Å². The number of carboxylic acids is 1. The molecule has 8 heteroatoms. The van der Waals surface area contributed by atoms with Gasteiger partial charge in [0.25, 0.3) is 0 Å². The normalized spacial score (nSPS) is 9.65. The fraction of sp³-hybridized carbons (Fsp3) is 0.222. The first-order valence-electron chi connectivity index (χ1n) is 4.77. The number of aromatic carboxylic acids is 1. The summed E-state index contributed by atoms with van der Waals surface area (Å²) in [5, 5.41) is 13.9. The van der Waals surface area contributed by atoms with Crippen LogP contribution >= 0.6 is 0 Å². The molecular formula is C9H13N5O3. The number of anilines is 2. The number of primary amides is 1. The molecule has 1 aromatic rings. The van der Waals surface area contributed by atoms with E-state index < -0.39 is 12.0 Å². The molecule has 0 fully saturated rings. The van der Waals surface area contributed by atoms with Gasteiger partial charge < -0.3 is 27.2 Å². The SMILES string of the molecule is NC(=O)NCCNc1nc(C(=O)O)ccc1N. The van der Waals surface area contributed by atoms with E-state index in [9.17, 15) is 9.59 Å². The molecule has 2 amide bonds. The first kappa shape index (κ1) is 12.6. The number of nitrogens with two attached hydrogens (primary N) is 2. The van der Waals surface area contributed by atoms with Gasteiger partial charge in [0.1, 0.15) is 5.82 Å². The quantitative estimate of drug-likeness (QED) is 0.436. The molecule has 0 atom stereocenters. The van der Waals surface area contributed by atoms with E-state index >= 15 is 0 Å². The molecule has 17 heavy (non-hydrogen) atoms. The summed E-state index contributed by atoms with van der Waals surface area (Å²) in [6, 6.07) is 2.12. The molecule has 0 aliphatic rings. The van der Waals surface area contributed by atoms with Crippen LogP contribution in [0.5, 0.6) is 0 Å². The molecule has 0 bridgehead atoms. The Kier molecular flexibility index (Phi) is 4.09. The topological polar surface area (TPSA) is 143 Å². The first-order chi connectivity index (χ1) is 8.00. The van der Waals surface area contributed by atoms with Crippen LogP contribution in [0.25, 0.3) is 0 Å². The Morgan fingerprint density at radius 3 is 2.65 bits per heavy atom. The van der Waals surface area contributed by atoms with E-state index in [1.165, 1.54) is 12.1 Å². The van der Waals surface area contributed by atoms with Crippen molar-refractivity contribution >= 4 is 23.5 Å². The third kappa shape index (κ3) is 3.86. The minimum atomic E-state index is -1.14. The average Bonchev–Trinajstić information content (AvgIpc) is 2.25. The van der Waals surface area contributed by atoms with E-state index in [4.69, 9.17) is 16.6 Å². The van der Waals surface area contributed by atoms with Gasteiger partial charge in [0.15, 0.2) is 5.69 Å². The lowest BCUT2D eigenvalue weighted by Gasteiger charge is -2.08. The smallest absolute Gasteiger partial charge is 0.354 e. The highest BCUT2D eigenvalue weighted by atomic mass is 16.4. The van der Waals surface area contributed by atoms with Crippen LogP contribution in [0.4, 0.5) is 16.3 Å². The second-order valence-corrected chi connectivity index (χ2v) is 3.16. The van der Waals surface area contributed by atoms with Crippen LogP contribution in [0.2, 0.25) is 0 Å². The number of hydrogen-bond acceptors (Lipinski definition) is 5. The number of amides is 2. The van der Waals surface area contributed by atoms with E-state index in [1.807, 2.05) is 0 Å². The fourth-order valence-electron chi connectivity index (χ4n) is 1.10. The highest BCUT2D eigenvalue weighted by Gasteiger charge is 2.07. The number of nitrogens with one attached hydrogen (secondary N) is 2. The van der Waals surface area contributed by atoms with Gasteiger partial charge in [0.05, 0.1) is 5.69 Å². The first-order valence-corrected chi connectivity index (χ1v) is 4.77. The Morgan fingerprint density at radius 2 is 2.06 bits per heavy atom. The molecule has 92 valence electrons. The zero-order valence-electron chi connectivity index (χ0n) is 8.93. The molecule has 0 aromatic carbocycles. The zero-order chi connectivity index (χ0) is 12.8. The van der Waals surface area contributed by atoms with Crippen LogP contribution in [0.1, 0.15) is 10.5 Å². The fourth-order valence-corrected chi connectivity index (χ4v) is 1.10. The average molecular weight is 239 g/mol. The van der Waals surface area contributed by atoms with Crippen LogP contribution < -0.4 is 22.1 Å². The van der Waals surface area contributed by atoms with E-state index in [0.717, 1.165) is 0 Å². The highest BCUT2D eigenvalue weighted by Crippen LogP contribution is 2.15. The van der Waals surface area contributed by atoms with Crippen molar-refractivity contribution in [3.8, 4) is 0 Å². The molecule has 0 spiro atoms. The summed E-state index contributed by atoms with van der Waals surface area (Å²) < 4.78 is 0. The molecule has 0 unspecified atom stereocenters. The number of nitrogens with zero attached hydrogens (tertiary/aromatic N) is 1. The number of hydrogen-bond donors (Lipinski definition) is 5. The molecule has 1 aromatic heterocycles. The second-order valence-electron chi connectivity index (χ2n) is 3.16. The van der Waals surface area contributed by atoms with Crippen molar-refractivity contribution in [3.63, 3.8) is 0 Å². The number of pyridine rings is 1. The number of carboxylic acid groups (broad SMARTS) is 1. The lowest BCUT2D eigenvalue weighted by Crippen LogP contribution is -2.33. The van der Waals surface area contributed by atoms with Gasteiger partial charge >= 0.3 is 12.0 Å². The summed E-state index contributed by atoms with van der Waals surface area (Å²) in [6.07, 6.45) is 0. The number of rotatable bonds is 5. The second kappa shape index (κ2) is 5.54. The molecule has 8 nitrogen and oxygen atoms in total. The summed E-state index contributed by atoms with van der Waals surface area (Å²) in [5.41, 5.74) is 10.7. The molecular weight excluding hydrogens is 226 g/mol. The van der Waals surface area contributed by atoms with Crippen molar-refractivity contribution in [3.05, 3.63) is 17.8 Å². The zero-order valence-corrected chi connectivity index (χ0v) is 8.93. The van der Waals surface area contributed by atoms with Gasteiger partial charge in [-0.3, -0.25) is 0 Å². The maximum absolute atomic E-state index is 10.7. The molecule has 0 radical (unpaired) electrons. The van der Waals surface area contributed by atoms with Gasteiger partial charge in [0.2, 0.25) is 0 Å². The summed E-state index contributed by atoms with van der Waals surface area (Å²) in [4.78, 5) is 24.9. The standard InChI is InChI=1S/C9H13N5O3/c10-5-1-2-6(8(15)16)14-7(5)12-3-4-13-9(11)17/h1-2H,3-4,10H2,(H,12,14)(H,15,16)(H3,11,13,17). The highest BCUT2D eigenvalue weighted by molar-refractivity contribution is 5.86. The monoisotopic (exact) mass is 239 g/mol. The maximum atomic E-state index is 10.7. The predicted octanol–water partition coefficient (Wildman–Crippen LogP) is -0.558. The van der Waals surface area contributed by atoms with Gasteiger partial charge in [-0.25, -0.2) is 14.6 Å². The molecule has 1 heterocycles. The third-order valence-electron chi connectivity index (χ3n) is 1.86. The minimum absolute atomic E-state index is 0.107. The Labute approximate surface area is 97.0 Å². The molecule has 0 aliphatic heterocycles. The Morgan fingerprint density at radius 1 is 1.35 bits per heavy atom. The Hall–Kier alpha value is -2.51. The number of carbonyl (C=O) groups is 2. The van der Waals surface area contributed by atoms with Gasteiger partial charge in [-0.05, 0) is 12.1 Å². The van der Waals surface area contributed by atoms with Crippen molar-refractivity contribution in [2.24, 2.45) is 5.73 Å². The molecule has 0 aliphatic carbocycles. The molecule has 0 saturated heterocycles. The molecule has 1 rings (SSSR count). The number of aromatic nitrogens is 1. The summed E-state index contributed by atoms with van der Waals surface area (Å²) in [7, 11) is 0. The van der Waals surface area contributed by atoms with E-state index in [2.05, 4.69) is 15.6 Å². The van der Waals surface area contributed by atoms with Gasteiger partial charge in [-0.2, -0.15) is 0 Å². The molecule has 0 saturated carbocycles. The largest absolute Gasteiger partial charge is 0.477 e. The van der Waals surface area contributed by atoms with E-state index in [0.29, 0.717) is 12.2 Å². The van der Waals surface area contributed by atoms with E-state index in [1.54, 1.807) is 0 Å². The molecule has 7 N–H and O–H groups in total. The van der Waals surface area contributed by atoms with Crippen molar-refractivity contribution < 1.29 is 14.7 Å². The number of carbonyl (C=O) groups excluding carboxylic acids is 1. The van der Waals surface area contributed by atoms with Crippen LogP contribution in [-0.4, -0.2) is 35.2 Å². The van der Waals surface area contributed by atoms with Crippen molar-refractivity contribution in [2.75, 3.05) is 24.1 Å². The van der Waals surface area contributed by atoms with Crippen LogP contribution in [0, 0.1) is 0 Å². The Balaban J connectivity index is 2.60. The van der Waals surface area contributed by atoms with Crippen molar-refractivity contribution in [1.82, 2.24) is 10.3 Å². The van der Waals surface area contributed by atoms with Gasteiger partial charge in [-0.15, -0.1) is 0 Å². The summed E-state index contributed by atoms with van der Waals surface area (Å²) in [6.45, 7) is 0.622. The third-order valence-corrected chi connectivity index (χ3v) is 1.86.